The third kappa shape index (κ3) is 2.99. The number of aliphatic hydroxyl groups is 1. The summed E-state index contributed by atoms with van der Waals surface area (Å²) in [6.07, 6.45) is 0. The normalized spacial score (nSPS) is 15.3. The number of benzene rings is 2. The maximum atomic E-state index is 9.44. The van der Waals surface area contributed by atoms with Crippen LogP contribution in [0.3, 0.4) is 0 Å². The van der Waals surface area contributed by atoms with Crippen LogP contribution < -0.4 is 4.90 Å². The highest BCUT2D eigenvalue weighted by Crippen LogP contribution is 2.30. The molecule has 0 bridgehead atoms. The van der Waals surface area contributed by atoms with Gasteiger partial charge in [0.1, 0.15) is 5.54 Å². The second-order valence-electron chi connectivity index (χ2n) is 5.35. The van der Waals surface area contributed by atoms with Crippen molar-refractivity contribution in [2.75, 3.05) is 31.3 Å². The van der Waals surface area contributed by atoms with Gasteiger partial charge in [0.25, 0.3) is 0 Å². The van der Waals surface area contributed by atoms with Crippen LogP contribution in [-0.4, -0.2) is 37.0 Å². The summed E-state index contributed by atoms with van der Waals surface area (Å²) in [6.45, 7) is 1.74. The van der Waals surface area contributed by atoms with Crippen molar-refractivity contribution in [3.8, 4) is 11.8 Å². The van der Waals surface area contributed by atoms with E-state index in [0.717, 1.165) is 11.3 Å². The van der Waals surface area contributed by atoms with E-state index in [9.17, 15) is 5.11 Å². The number of aliphatic hydroxyl groups excluding tert-OH is 1. The third-order valence-corrected chi connectivity index (χ3v) is 3.80. The number of para-hydroxylation sites is 1. The first-order chi connectivity index (χ1) is 10.8. The van der Waals surface area contributed by atoms with Gasteiger partial charge in [-0.1, -0.05) is 48.2 Å². The van der Waals surface area contributed by atoms with Gasteiger partial charge in [-0.2, -0.15) is 0 Å². The molecule has 0 aromatic heterocycles. The van der Waals surface area contributed by atoms with Crippen LogP contribution in [0, 0.1) is 11.8 Å². The molecule has 22 heavy (non-hydrogen) atoms. The van der Waals surface area contributed by atoms with Crippen molar-refractivity contribution in [1.82, 2.24) is 0 Å². The highest BCUT2D eigenvalue weighted by molar-refractivity contribution is 5.54. The minimum absolute atomic E-state index is 0.0870. The number of ether oxygens (including phenoxy) is 1. The van der Waals surface area contributed by atoms with Crippen LogP contribution in [0.15, 0.2) is 60.7 Å². The zero-order chi connectivity index (χ0) is 15.3. The average molecular weight is 293 g/mol. The number of hydrogen-bond donors (Lipinski definition) is 1. The second-order valence-corrected chi connectivity index (χ2v) is 5.35. The van der Waals surface area contributed by atoms with E-state index >= 15 is 0 Å². The molecular formula is C19H19NO2. The number of anilines is 1. The van der Waals surface area contributed by atoms with Gasteiger partial charge < -0.3 is 14.7 Å². The summed E-state index contributed by atoms with van der Waals surface area (Å²) in [7, 11) is 0. The lowest BCUT2D eigenvalue weighted by Gasteiger charge is -2.47. The molecule has 3 heteroatoms. The quantitative estimate of drug-likeness (QED) is 0.878. The molecule has 1 aliphatic rings. The predicted octanol–water partition coefficient (Wildman–Crippen LogP) is 2.31. The Balaban J connectivity index is 1.92. The molecule has 0 saturated carbocycles. The maximum absolute atomic E-state index is 9.44. The molecular weight excluding hydrogens is 274 g/mol. The number of rotatable bonds is 4. The van der Waals surface area contributed by atoms with Crippen molar-refractivity contribution in [1.29, 1.82) is 0 Å². The van der Waals surface area contributed by atoms with E-state index in [-0.39, 0.29) is 12.1 Å². The van der Waals surface area contributed by atoms with Gasteiger partial charge in [0, 0.05) is 17.8 Å². The minimum Gasteiger partial charge on any atom is -0.395 e. The third-order valence-electron chi connectivity index (χ3n) is 3.80. The molecule has 3 nitrogen and oxygen atoms in total. The Morgan fingerprint density at radius 1 is 1.00 bits per heavy atom. The zero-order valence-corrected chi connectivity index (χ0v) is 12.4. The van der Waals surface area contributed by atoms with Crippen LogP contribution >= 0.6 is 0 Å². The van der Waals surface area contributed by atoms with Crippen molar-refractivity contribution in [2.45, 2.75) is 5.54 Å². The van der Waals surface area contributed by atoms with Crippen LogP contribution in [0.4, 0.5) is 5.69 Å². The molecule has 1 fully saturated rings. The average Bonchev–Trinajstić information content (AvgIpc) is 2.54. The lowest BCUT2D eigenvalue weighted by atomic mass is 9.94. The molecule has 0 unspecified atom stereocenters. The molecule has 1 N–H and O–H groups in total. The molecule has 1 saturated heterocycles. The fraction of sp³-hybridized carbons (Fsp3) is 0.263. The largest absolute Gasteiger partial charge is 0.395 e. The van der Waals surface area contributed by atoms with E-state index in [1.54, 1.807) is 0 Å². The molecule has 1 heterocycles. The van der Waals surface area contributed by atoms with E-state index < -0.39 is 0 Å². The molecule has 2 aromatic rings. The molecule has 112 valence electrons. The van der Waals surface area contributed by atoms with Crippen molar-refractivity contribution in [3.63, 3.8) is 0 Å². The SMILES string of the molecule is OCCN(c1ccccc1)C1(C#Cc2ccccc2)COC1. The summed E-state index contributed by atoms with van der Waals surface area (Å²) in [4.78, 5) is 2.15. The zero-order valence-electron chi connectivity index (χ0n) is 12.4. The van der Waals surface area contributed by atoms with E-state index in [0.29, 0.717) is 19.8 Å². The Kier molecular flexibility index (Phi) is 4.43. The highest BCUT2D eigenvalue weighted by Gasteiger charge is 2.43. The van der Waals surface area contributed by atoms with Gasteiger partial charge in [-0.25, -0.2) is 0 Å². The Hall–Kier alpha value is -2.28. The summed E-state index contributed by atoms with van der Waals surface area (Å²) in [5, 5.41) is 9.44. The Morgan fingerprint density at radius 2 is 1.64 bits per heavy atom. The first kappa shape index (κ1) is 14.6. The van der Waals surface area contributed by atoms with E-state index in [2.05, 4.69) is 16.7 Å². The molecule has 2 aromatic carbocycles. The molecule has 0 aliphatic carbocycles. The predicted molar refractivity (Wildman–Crippen MR) is 87.7 cm³/mol. The topological polar surface area (TPSA) is 32.7 Å². The highest BCUT2D eigenvalue weighted by atomic mass is 16.5. The monoisotopic (exact) mass is 293 g/mol. The lowest BCUT2D eigenvalue weighted by molar-refractivity contribution is -0.0283. The van der Waals surface area contributed by atoms with E-state index in [4.69, 9.17) is 4.74 Å². The molecule has 0 spiro atoms. The summed E-state index contributed by atoms with van der Waals surface area (Å²) in [5.41, 5.74) is 1.69. The van der Waals surface area contributed by atoms with Gasteiger partial charge in [0.2, 0.25) is 0 Å². The summed E-state index contributed by atoms with van der Waals surface area (Å²) < 4.78 is 5.45. The molecule has 0 amide bonds. The lowest BCUT2D eigenvalue weighted by Crippen LogP contribution is -2.62. The Bertz CT molecular complexity index is 654. The number of nitrogens with zero attached hydrogens (tertiary/aromatic N) is 1. The van der Waals surface area contributed by atoms with Crippen molar-refractivity contribution in [3.05, 3.63) is 66.2 Å². The number of hydrogen-bond acceptors (Lipinski definition) is 3. The first-order valence-electron chi connectivity index (χ1n) is 7.44. The molecule has 0 radical (unpaired) electrons. The summed E-state index contributed by atoms with van der Waals surface area (Å²) >= 11 is 0. The van der Waals surface area contributed by atoms with Crippen molar-refractivity contribution in [2.24, 2.45) is 0 Å². The van der Waals surface area contributed by atoms with Gasteiger partial charge in [-0.15, -0.1) is 0 Å². The summed E-state index contributed by atoms with van der Waals surface area (Å²) in [6, 6.07) is 20.0. The standard InChI is InChI=1S/C19H19NO2/c21-14-13-20(18-9-5-2-6-10-18)19(15-22-16-19)12-11-17-7-3-1-4-8-17/h1-10,21H,13-16H2. The minimum atomic E-state index is -0.361. The Labute approximate surface area is 131 Å². The van der Waals surface area contributed by atoms with Crippen LogP contribution in [0.2, 0.25) is 0 Å². The van der Waals surface area contributed by atoms with Gasteiger partial charge in [0.15, 0.2) is 0 Å². The van der Waals surface area contributed by atoms with Gasteiger partial charge in [-0.05, 0) is 24.3 Å². The summed E-state index contributed by atoms with van der Waals surface area (Å²) in [5.74, 6) is 6.61. The maximum Gasteiger partial charge on any atom is 0.149 e. The smallest absolute Gasteiger partial charge is 0.149 e. The molecule has 3 rings (SSSR count). The number of β-amino-alcohol motifs (C(OH)–C–C–N with tert-alkyl or cyclic N) is 1. The van der Waals surface area contributed by atoms with Crippen LogP contribution in [-0.2, 0) is 4.74 Å². The van der Waals surface area contributed by atoms with Crippen LogP contribution in [0.25, 0.3) is 0 Å². The fourth-order valence-corrected chi connectivity index (χ4v) is 2.60. The van der Waals surface area contributed by atoms with Crippen LogP contribution in [0.1, 0.15) is 5.56 Å². The first-order valence-corrected chi connectivity index (χ1v) is 7.44. The fourth-order valence-electron chi connectivity index (χ4n) is 2.60. The van der Waals surface area contributed by atoms with Crippen molar-refractivity contribution < 1.29 is 9.84 Å². The van der Waals surface area contributed by atoms with Crippen LogP contribution in [0.5, 0.6) is 0 Å². The van der Waals surface area contributed by atoms with E-state index in [1.807, 2.05) is 60.7 Å². The molecule has 0 atom stereocenters. The molecule has 1 aliphatic heterocycles. The van der Waals surface area contributed by atoms with Gasteiger partial charge in [0.05, 0.1) is 19.8 Å². The van der Waals surface area contributed by atoms with E-state index in [1.165, 1.54) is 0 Å². The second kappa shape index (κ2) is 6.65. The Morgan fingerprint density at radius 3 is 2.18 bits per heavy atom. The van der Waals surface area contributed by atoms with Gasteiger partial charge >= 0.3 is 0 Å². The van der Waals surface area contributed by atoms with Crippen molar-refractivity contribution >= 4 is 5.69 Å². The van der Waals surface area contributed by atoms with Gasteiger partial charge in [-0.3, -0.25) is 0 Å².